The third-order valence-electron chi connectivity index (χ3n) is 3.52. The number of rotatable bonds is 1. The van der Waals surface area contributed by atoms with Crippen molar-refractivity contribution in [3.05, 3.63) is 29.3 Å². The van der Waals surface area contributed by atoms with Crippen LogP contribution >= 0.6 is 0 Å². The first-order valence-corrected chi connectivity index (χ1v) is 5.96. The van der Waals surface area contributed by atoms with Crippen LogP contribution in [0.4, 0.5) is 0 Å². The summed E-state index contributed by atoms with van der Waals surface area (Å²) >= 11 is 0. The second-order valence-electron chi connectivity index (χ2n) is 5.47. The highest BCUT2D eigenvalue weighted by Crippen LogP contribution is 2.47. The lowest BCUT2D eigenvalue weighted by Crippen LogP contribution is -2.33. The van der Waals surface area contributed by atoms with Crippen LogP contribution in [0.25, 0.3) is 0 Å². The minimum atomic E-state index is 0.0258. The zero-order valence-corrected chi connectivity index (χ0v) is 9.55. The van der Waals surface area contributed by atoms with E-state index in [9.17, 15) is 0 Å². The maximum atomic E-state index is 6.15. The number of ether oxygens (including phenoxy) is 1. The number of para-hydroxylation sites is 1. The monoisotopic (exact) mass is 202 g/mol. The zero-order valence-electron chi connectivity index (χ0n) is 9.55. The maximum absolute atomic E-state index is 6.15. The van der Waals surface area contributed by atoms with E-state index in [1.807, 2.05) is 0 Å². The van der Waals surface area contributed by atoms with Crippen molar-refractivity contribution in [3.63, 3.8) is 0 Å². The molecule has 80 valence electrons. The minimum absolute atomic E-state index is 0.0258. The van der Waals surface area contributed by atoms with Gasteiger partial charge in [0.2, 0.25) is 0 Å². The Hall–Kier alpha value is -0.980. The van der Waals surface area contributed by atoms with Crippen molar-refractivity contribution in [3.8, 4) is 5.75 Å². The first-order valence-electron chi connectivity index (χ1n) is 5.96. The van der Waals surface area contributed by atoms with Crippen LogP contribution < -0.4 is 4.74 Å². The molecule has 0 amide bonds. The second-order valence-corrected chi connectivity index (χ2v) is 5.47. The molecule has 0 N–H and O–H groups in total. The molecule has 2 aliphatic rings. The minimum Gasteiger partial charge on any atom is -0.487 e. The van der Waals surface area contributed by atoms with E-state index in [1.165, 1.54) is 36.1 Å². The molecule has 0 atom stereocenters. The summed E-state index contributed by atoms with van der Waals surface area (Å²) in [5.41, 5.74) is 2.90. The molecule has 0 radical (unpaired) electrons. The van der Waals surface area contributed by atoms with E-state index in [0.717, 1.165) is 12.3 Å². The van der Waals surface area contributed by atoms with Crippen molar-refractivity contribution in [1.29, 1.82) is 0 Å². The molecule has 1 aromatic carbocycles. The van der Waals surface area contributed by atoms with Crippen LogP contribution in [0.2, 0.25) is 0 Å². The standard InChI is InChI=1S/C14H18O/c1-14(2)9-8-11-4-3-5-12(10-6-7-10)13(11)15-14/h3-5,10H,6-9H2,1-2H3. The van der Waals surface area contributed by atoms with E-state index in [1.54, 1.807) is 0 Å². The summed E-state index contributed by atoms with van der Waals surface area (Å²) in [7, 11) is 0. The van der Waals surface area contributed by atoms with Crippen molar-refractivity contribution in [2.24, 2.45) is 0 Å². The highest BCUT2D eigenvalue weighted by atomic mass is 16.5. The first kappa shape index (κ1) is 9.26. The fourth-order valence-corrected chi connectivity index (χ4v) is 2.40. The van der Waals surface area contributed by atoms with Crippen LogP contribution in [0.1, 0.15) is 50.2 Å². The normalized spacial score (nSPS) is 23.1. The molecule has 1 saturated carbocycles. The lowest BCUT2D eigenvalue weighted by Gasteiger charge is -2.34. The van der Waals surface area contributed by atoms with Crippen LogP contribution in [0.3, 0.4) is 0 Å². The molecule has 1 aliphatic heterocycles. The molecule has 0 unspecified atom stereocenters. The lowest BCUT2D eigenvalue weighted by atomic mass is 9.92. The Labute approximate surface area is 91.5 Å². The molecule has 0 aromatic heterocycles. The average Bonchev–Trinajstić information content (AvgIpc) is 2.99. The molecule has 0 saturated heterocycles. The van der Waals surface area contributed by atoms with Gasteiger partial charge in [0, 0.05) is 0 Å². The van der Waals surface area contributed by atoms with Crippen molar-refractivity contribution in [1.82, 2.24) is 0 Å². The van der Waals surface area contributed by atoms with Gasteiger partial charge in [0.25, 0.3) is 0 Å². The Kier molecular flexibility index (Phi) is 1.86. The molecule has 1 aromatic rings. The summed E-state index contributed by atoms with van der Waals surface area (Å²) in [4.78, 5) is 0. The Balaban J connectivity index is 2.04. The summed E-state index contributed by atoms with van der Waals surface area (Å²) in [5, 5.41) is 0. The van der Waals surface area contributed by atoms with Crippen LogP contribution in [-0.2, 0) is 6.42 Å². The molecule has 1 aliphatic carbocycles. The number of hydrogen-bond donors (Lipinski definition) is 0. The molecule has 1 nitrogen and oxygen atoms in total. The van der Waals surface area contributed by atoms with Crippen molar-refractivity contribution in [2.75, 3.05) is 0 Å². The van der Waals surface area contributed by atoms with Crippen molar-refractivity contribution >= 4 is 0 Å². The van der Waals surface area contributed by atoms with Gasteiger partial charge in [0.1, 0.15) is 11.4 Å². The van der Waals surface area contributed by atoms with Gasteiger partial charge in [-0.3, -0.25) is 0 Å². The van der Waals surface area contributed by atoms with E-state index in [4.69, 9.17) is 4.74 Å². The van der Waals surface area contributed by atoms with Gasteiger partial charge in [-0.2, -0.15) is 0 Å². The predicted molar refractivity (Wildman–Crippen MR) is 61.4 cm³/mol. The fraction of sp³-hybridized carbons (Fsp3) is 0.571. The van der Waals surface area contributed by atoms with E-state index >= 15 is 0 Å². The Morgan fingerprint density at radius 3 is 2.80 bits per heavy atom. The van der Waals surface area contributed by atoms with Gasteiger partial charge >= 0.3 is 0 Å². The molecule has 0 spiro atoms. The van der Waals surface area contributed by atoms with Gasteiger partial charge < -0.3 is 4.74 Å². The third kappa shape index (κ3) is 1.64. The van der Waals surface area contributed by atoms with E-state index in [-0.39, 0.29) is 5.60 Å². The fourth-order valence-electron chi connectivity index (χ4n) is 2.40. The smallest absolute Gasteiger partial charge is 0.126 e. The van der Waals surface area contributed by atoms with Gasteiger partial charge in [-0.05, 0) is 56.6 Å². The lowest BCUT2D eigenvalue weighted by molar-refractivity contribution is 0.0833. The zero-order chi connectivity index (χ0) is 10.5. The van der Waals surface area contributed by atoms with Crippen LogP contribution in [0, 0.1) is 0 Å². The Morgan fingerprint density at radius 2 is 2.07 bits per heavy atom. The van der Waals surface area contributed by atoms with E-state index in [0.29, 0.717) is 0 Å². The first-order chi connectivity index (χ1) is 7.16. The number of benzene rings is 1. The molecule has 0 bridgehead atoms. The summed E-state index contributed by atoms with van der Waals surface area (Å²) in [6.45, 7) is 4.39. The summed E-state index contributed by atoms with van der Waals surface area (Å²) in [6, 6.07) is 6.66. The third-order valence-corrected chi connectivity index (χ3v) is 3.52. The SMILES string of the molecule is CC1(C)CCc2cccc(C3CC3)c2O1. The molecular weight excluding hydrogens is 184 g/mol. The molecule has 15 heavy (non-hydrogen) atoms. The molecule has 1 heterocycles. The van der Waals surface area contributed by atoms with Crippen LogP contribution in [0.15, 0.2) is 18.2 Å². The maximum Gasteiger partial charge on any atom is 0.126 e. The summed E-state index contributed by atoms with van der Waals surface area (Å²) in [5.74, 6) is 1.99. The molecular formula is C14H18O. The summed E-state index contributed by atoms with van der Waals surface area (Å²) < 4.78 is 6.15. The molecule has 1 heteroatoms. The highest BCUT2D eigenvalue weighted by Gasteiger charge is 2.33. The van der Waals surface area contributed by atoms with Crippen LogP contribution in [-0.4, -0.2) is 5.60 Å². The van der Waals surface area contributed by atoms with E-state index in [2.05, 4.69) is 32.0 Å². The molecule has 3 rings (SSSR count). The Morgan fingerprint density at radius 1 is 1.27 bits per heavy atom. The number of hydrogen-bond acceptors (Lipinski definition) is 1. The average molecular weight is 202 g/mol. The van der Waals surface area contributed by atoms with Gasteiger partial charge in [-0.25, -0.2) is 0 Å². The van der Waals surface area contributed by atoms with Gasteiger partial charge in [-0.1, -0.05) is 18.2 Å². The quantitative estimate of drug-likeness (QED) is 0.675. The van der Waals surface area contributed by atoms with Gasteiger partial charge in [-0.15, -0.1) is 0 Å². The number of fused-ring (bicyclic) bond motifs is 1. The largest absolute Gasteiger partial charge is 0.487 e. The Bertz CT molecular complexity index is 388. The van der Waals surface area contributed by atoms with E-state index < -0.39 is 0 Å². The predicted octanol–water partition coefficient (Wildman–Crippen LogP) is 3.67. The molecule has 1 fully saturated rings. The van der Waals surface area contributed by atoms with Crippen molar-refractivity contribution < 1.29 is 4.74 Å². The second kappa shape index (κ2) is 3.01. The highest BCUT2D eigenvalue weighted by molar-refractivity contribution is 5.46. The summed E-state index contributed by atoms with van der Waals surface area (Å²) in [6.07, 6.45) is 5.00. The van der Waals surface area contributed by atoms with Gasteiger partial charge in [0.05, 0.1) is 0 Å². The van der Waals surface area contributed by atoms with Crippen LogP contribution in [0.5, 0.6) is 5.75 Å². The number of aryl methyl sites for hydroxylation is 1. The van der Waals surface area contributed by atoms with Crippen molar-refractivity contribution in [2.45, 2.75) is 51.0 Å². The topological polar surface area (TPSA) is 9.23 Å². The van der Waals surface area contributed by atoms with Gasteiger partial charge in [0.15, 0.2) is 0 Å².